The second kappa shape index (κ2) is 17.6. The van der Waals surface area contributed by atoms with Crippen molar-refractivity contribution in [3.63, 3.8) is 0 Å². The van der Waals surface area contributed by atoms with Gasteiger partial charge in [-0.3, -0.25) is 9.59 Å². The Morgan fingerprint density at radius 1 is 0.742 bits per heavy atom. The molecular weight excluding hydrogens is 716 g/mol. The van der Waals surface area contributed by atoms with Crippen molar-refractivity contribution in [3.8, 4) is 0 Å². The van der Waals surface area contributed by atoms with E-state index in [1.54, 1.807) is 38.1 Å². The molecule has 0 aromatic heterocycles. The SMILES string of the molecule is CC(C)(Br)C(=O)Br.CC(C)(Br)C(=O)c1ccc(Cl)cc1.Clc1ccccc1.[Cl][Al]([Cl])[Cl]. The van der Waals surface area contributed by atoms with E-state index in [2.05, 4.69) is 47.8 Å². The third-order valence-electron chi connectivity index (χ3n) is 2.85. The minimum absolute atomic E-state index is 0.0278. The molecule has 0 unspecified atom stereocenters. The van der Waals surface area contributed by atoms with Crippen LogP contribution in [0.1, 0.15) is 38.1 Å². The summed E-state index contributed by atoms with van der Waals surface area (Å²) in [5, 5.41) is 1.44. The summed E-state index contributed by atoms with van der Waals surface area (Å²) in [4.78, 5) is 22.0. The van der Waals surface area contributed by atoms with Gasteiger partial charge in [0, 0.05) is 15.6 Å². The zero-order valence-electron chi connectivity index (χ0n) is 17.1. The fraction of sp³-hybridized carbons (Fsp3) is 0.300. The second-order valence-corrected chi connectivity index (χ2v) is 18.6. The second-order valence-electron chi connectivity index (χ2n) is 6.60. The zero-order chi connectivity index (χ0) is 24.8. The highest BCUT2D eigenvalue weighted by Gasteiger charge is 2.24. The Morgan fingerprint density at radius 2 is 1.06 bits per heavy atom. The molecule has 2 aromatic carbocycles. The number of rotatable bonds is 3. The summed E-state index contributed by atoms with van der Waals surface area (Å²) >= 11 is 18.8. The number of hydrogen-bond acceptors (Lipinski definition) is 2. The van der Waals surface area contributed by atoms with Crippen molar-refractivity contribution in [2.45, 2.75) is 36.3 Å². The smallest absolute Gasteiger partial charge is 0.293 e. The van der Waals surface area contributed by atoms with E-state index in [4.69, 9.17) is 53.3 Å². The van der Waals surface area contributed by atoms with E-state index in [1.807, 2.05) is 44.2 Å². The lowest BCUT2D eigenvalue weighted by Crippen LogP contribution is -2.23. The number of hydrogen-bond donors (Lipinski definition) is 0. The van der Waals surface area contributed by atoms with Crippen LogP contribution in [0.2, 0.25) is 10.0 Å². The molecule has 0 aliphatic heterocycles. The number of carbonyl (C=O) groups excluding carboxylic acids is 2. The van der Waals surface area contributed by atoms with Crippen LogP contribution in [-0.2, 0) is 4.79 Å². The number of Topliss-reactive ketones (excluding diaryl/α,β-unsaturated/α-hetero) is 1. The van der Waals surface area contributed by atoms with Gasteiger partial charge in [0.1, 0.15) is 0 Å². The van der Waals surface area contributed by atoms with E-state index in [1.165, 1.54) is 0 Å². The topological polar surface area (TPSA) is 34.1 Å². The molecule has 0 atom stereocenters. The fourth-order valence-electron chi connectivity index (χ4n) is 1.36. The van der Waals surface area contributed by atoms with E-state index < -0.39 is 20.0 Å². The molecule has 0 aliphatic rings. The number of carbonyl (C=O) groups is 2. The molecule has 0 saturated carbocycles. The Hall–Kier alpha value is 1.20. The predicted octanol–water partition coefficient (Wildman–Crippen LogP) is 9.81. The van der Waals surface area contributed by atoms with Crippen molar-refractivity contribution in [1.29, 1.82) is 0 Å². The molecule has 0 bridgehead atoms. The lowest BCUT2D eigenvalue weighted by Gasteiger charge is -2.14. The van der Waals surface area contributed by atoms with E-state index in [0.717, 1.165) is 5.02 Å². The molecule has 0 heterocycles. The van der Waals surface area contributed by atoms with Crippen LogP contribution in [0.25, 0.3) is 0 Å². The van der Waals surface area contributed by atoms with Crippen molar-refractivity contribution in [2.75, 3.05) is 0 Å². The van der Waals surface area contributed by atoms with Crippen LogP contribution in [0.3, 0.4) is 0 Å². The molecule has 31 heavy (non-hydrogen) atoms. The van der Waals surface area contributed by atoms with Crippen LogP contribution in [0.15, 0.2) is 54.6 Å². The highest BCUT2D eigenvalue weighted by molar-refractivity contribution is 9.20. The molecule has 0 saturated heterocycles. The van der Waals surface area contributed by atoms with Gasteiger partial charge in [0.15, 0.2) is 5.78 Å². The summed E-state index contributed by atoms with van der Waals surface area (Å²) in [7, 11) is 14.8. The monoisotopic (exact) mass is 732 g/mol. The molecule has 2 nitrogen and oxygen atoms in total. The van der Waals surface area contributed by atoms with E-state index in [0.29, 0.717) is 10.6 Å². The fourth-order valence-corrected chi connectivity index (χ4v) is 1.86. The first-order valence-electron chi connectivity index (χ1n) is 8.49. The van der Waals surface area contributed by atoms with Crippen LogP contribution in [0.5, 0.6) is 0 Å². The molecule has 2 rings (SSSR count). The van der Waals surface area contributed by atoms with Gasteiger partial charge in [-0.2, -0.15) is 0 Å². The minimum Gasteiger partial charge on any atom is -0.293 e. The van der Waals surface area contributed by atoms with Crippen LogP contribution in [0, 0.1) is 0 Å². The molecule has 0 fully saturated rings. The van der Waals surface area contributed by atoms with E-state index >= 15 is 0 Å². The first kappa shape index (κ1) is 34.4. The number of ketones is 1. The number of halogens is 8. The Morgan fingerprint density at radius 3 is 1.29 bits per heavy atom. The molecule has 0 spiro atoms. The van der Waals surface area contributed by atoms with Crippen LogP contribution < -0.4 is 0 Å². The molecule has 2 aromatic rings. The van der Waals surface area contributed by atoms with Gasteiger partial charge in [0.2, 0.25) is 4.69 Å². The highest BCUT2D eigenvalue weighted by Crippen LogP contribution is 2.23. The molecule has 11 heteroatoms. The molecule has 172 valence electrons. The lowest BCUT2D eigenvalue weighted by molar-refractivity contribution is -0.111. The van der Waals surface area contributed by atoms with Crippen LogP contribution in [0.4, 0.5) is 0 Å². The zero-order valence-corrected chi connectivity index (χ0v) is 26.8. The summed E-state index contributed by atoms with van der Waals surface area (Å²) in [6.07, 6.45) is 0. The van der Waals surface area contributed by atoms with Gasteiger partial charge in [-0.05, 0) is 80.0 Å². The molecular formula is C20H21AlBr3Cl5O2. The van der Waals surface area contributed by atoms with Gasteiger partial charge < -0.3 is 0 Å². The summed E-state index contributed by atoms with van der Waals surface area (Å²) in [6.45, 7) is 7.21. The van der Waals surface area contributed by atoms with Gasteiger partial charge in [0.25, 0.3) is 0 Å². The lowest BCUT2D eigenvalue weighted by atomic mass is 10.0. The van der Waals surface area contributed by atoms with Crippen molar-refractivity contribution >= 4 is 123 Å². The Labute approximate surface area is 236 Å². The maximum absolute atomic E-state index is 11.7. The Balaban J connectivity index is 0. The normalized spacial score (nSPS) is 10.2. The Kier molecular flexibility index (Phi) is 19.5. The molecule has 0 amide bonds. The van der Waals surface area contributed by atoms with E-state index in [-0.39, 0.29) is 10.5 Å². The summed E-state index contributed by atoms with van der Waals surface area (Å²) in [5.41, 5.74) is 0.672. The van der Waals surface area contributed by atoms with Crippen molar-refractivity contribution in [1.82, 2.24) is 0 Å². The summed E-state index contributed by atoms with van der Waals surface area (Å²) in [6, 6.07) is 16.3. The maximum atomic E-state index is 11.7. The van der Waals surface area contributed by atoms with Gasteiger partial charge in [0.05, 0.1) is 8.65 Å². The van der Waals surface area contributed by atoms with Crippen molar-refractivity contribution < 1.29 is 9.59 Å². The minimum atomic E-state index is -1.72. The predicted molar refractivity (Wildman–Crippen MR) is 150 cm³/mol. The largest absolute Gasteiger partial charge is 0.643 e. The highest BCUT2D eigenvalue weighted by atomic mass is 79.9. The van der Waals surface area contributed by atoms with Gasteiger partial charge in [-0.1, -0.05) is 73.3 Å². The van der Waals surface area contributed by atoms with Crippen LogP contribution in [-0.4, -0.2) is 30.5 Å². The summed E-state index contributed by atoms with van der Waals surface area (Å²) in [5.74, 6) is 0.0594. The van der Waals surface area contributed by atoms with Gasteiger partial charge >= 0.3 is 11.4 Å². The maximum Gasteiger partial charge on any atom is 0.643 e. The third-order valence-corrected chi connectivity index (χ3v) is 5.59. The molecule has 0 aliphatic carbocycles. The third kappa shape index (κ3) is 21.5. The Bertz CT molecular complexity index is 775. The van der Waals surface area contributed by atoms with Gasteiger partial charge in [-0.15, -0.1) is 0 Å². The first-order chi connectivity index (χ1) is 14.0. The van der Waals surface area contributed by atoms with Crippen LogP contribution >= 0.6 is 101 Å². The molecule has 0 radical (unpaired) electrons. The number of alkyl halides is 2. The average molecular weight is 737 g/mol. The summed E-state index contributed by atoms with van der Waals surface area (Å²) < 4.78 is -0.951. The average Bonchev–Trinajstić information content (AvgIpc) is 2.61. The molecule has 0 N–H and O–H groups in total. The van der Waals surface area contributed by atoms with Crippen molar-refractivity contribution in [2.24, 2.45) is 0 Å². The van der Waals surface area contributed by atoms with E-state index in [9.17, 15) is 9.59 Å². The standard InChI is InChI=1S/C10H10BrClO.C6H5Cl.C4H6Br2O.Al.3ClH/c1-10(2,11)9(13)7-3-5-8(12)6-4-7;7-6-4-2-1-3-5-6;1-4(2,6)3(5)7;;;;/h3-6H,1-2H3;1-5H;1-2H3;;3*1H/q;;;+3;;;/p-3. The number of benzene rings is 2. The van der Waals surface area contributed by atoms with Gasteiger partial charge in [-0.25, -0.2) is 30.1 Å². The first-order valence-corrected chi connectivity index (χ1v) is 16.9. The van der Waals surface area contributed by atoms with Crippen molar-refractivity contribution in [3.05, 3.63) is 70.2 Å². The quantitative estimate of drug-likeness (QED) is 0.136.